The van der Waals surface area contributed by atoms with E-state index in [-0.39, 0.29) is 18.7 Å². The molecule has 4 aliphatic carbocycles. The summed E-state index contributed by atoms with van der Waals surface area (Å²) in [5.41, 5.74) is 1.44. The molecule has 3 saturated carbocycles. The van der Waals surface area contributed by atoms with Gasteiger partial charge in [-0.2, -0.15) is 0 Å². The van der Waals surface area contributed by atoms with E-state index in [1.54, 1.807) is 5.57 Å². The number of fused-ring (bicyclic) bond motifs is 5. The molecule has 0 radical (unpaired) electrons. The number of carbonyl (C=O) groups is 1. The summed E-state index contributed by atoms with van der Waals surface area (Å²) in [5, 5.41) is 10.1. The van der Waals surface area contributed by atoms with Gasteiger partial charge in [0, 0.05) is 0 Å². The minimum Gasteiger partial charge on any atom is -0.458 e. The van der Waals surface area contributed by atoms with Crippen LogP contribution in [-0.4, -0.2) is 35.0 Å². The van der Waals surface area contributed by atoms with Crippen molar-refractivity contribution in [3.63, 3.8) is 0 Å². The van der Waals surface area contributed by atoms with Gasteiger partial charge in [0.1, 0.15) is 12.2 Å². The average molecular weight is 503 g/mol. The number of esters is 1. The van der Waals surface area contributed by atoms with Gasteiger partial charge in [-0.05, 0) is 133 Å². The molecule has 0 aromatic carbocycles. The second kappa shape index (κ2) is 10.4. The summed E-state index contributed by atoms with van der Waals surface area (Å²) in [6, 6.07) is 0. The van der Waals surface area contributed by atoms with Crippen molar-refractivity contribution in [1.82, 2.24) is 0 Å². The van der Waals surface area contributed by atoms with Crippen molar-refractivity contribution in [2.45, 2.75) is 143 Å². The number of allylic oxidation sites excluding steroid dienone is 1. The number of rotatable bonds is 8. The Morgan fingerprint density at radius 3 is 2.44 bits per heavy atom. The van der Waals surface area contributed by atoms with Gasteiger partial charge < -0.3 is 14.6 Å². The second-order valence-corrected chi connectivity index (χ2v) is 14.9. The van der Waals surface area contributed by atoms with E-state index in [0.29, 0.717) is 10.8 Å². The van der Waals surface area contributed by atoms with Crippen LogP contribution in [0, 0.1) is 34.5 Å². The van der Waals surface area contributed by atoms with Gasteiger partial charge in [-0.3, -0.25) is 0 Å². The number of hydrogen-bond donors (Lipinski definition) is 1. The molecule has 0 amide bonds. The molecular weight excluding hydrogens is 448 g/mol. The summed E-state index contributed by atoms with van der Waals surface area (Å²) in [6.45, 7) is 14.8. The van der Waals surface area contributed by atoms with Crippen molar-refractivity contribution in [1.29, 1.82) is 0 Å². The topological polar surface area (TPSA) is 55.8 Å². The predicted octanol–water partition coefficient (Wildman–Crippen LogP) is 7.62. The molecule has 6 unspecified atom stereocenters. The molecule has 7 atom stereocenters. The third-order valence-corrected chi connectivity index (χ3v) is 10.7. The maximum atomic E-state index is 12.1. The summed E-state index contributed by atoms with van der Waals surface area (Å²) >= 11 is 0. The molecule has 1 N–H and O–H groups in total. The SMILES string of the molecule is CC(C)(O)CCCCC1CCC2C3CCC4=C[C@@H](OCC(=O)OC(C)(C)C)CCC4(C)C3CCC12C. The summed E-state index contributed by atoms with van der Waals surface area (Å²) < 4.78 is 11.5. The fourth-order valence-electron chi connectivity index (χ4n) is 8.91. The molecule has 0 aromatic heterocycles. The van der Waals surface area contributed by atoms with Gasteiger partial charge in [-0.25, -0.2) is 4.79 Å². The zero-order chi connectivity index (χ0) is 26.4. The van der Waals surface area contributed by atoms with Crippen LogP contribution in [0.2, 0.25) is 0 Å². The van der Waals surface area contributed by atoms with Crippen LogP contribution in [0.4, 0.5) is 0 Å². The van der Waals surface area contributed by atoms with E-state index in [2.05, 4.69) is 19.9 Å². The minimum absolute atomic E-state index is 0.0470. The summed E-state index contributed by atoms with van der Waals surface area (Å²) in [7, 11) is 0. The van der Waals surface area contributed by atoms with Gasteiger partial charge in [0.05, 0.1) is 11.7 Å². The predicted molar refractivity (Wildman–Crippen MR) is 146 cm³/mol. The van der Waals surface area contributed by atoms with E-state index >= 15 is 0 Å². The van der Waals surface area contributed by atoms with E-state index < -0.39 is 11.2 Å². The van der Waals surface area contributed by atoms with Gasteiger partial charge in [0.2, 0.25) is 0 Å². The lowest BCUT2D eigenvalue weighted by atomic mass is 9.46. The Morgan fingerprint density at radius 2 is 1.75 bits per heavy atom. The maximum Gasteiger partial charge on any atom is 0.332 e. The lowest BCUT2D eigenvalue weighted by molar-refractivity contribution is -0.161. The third kappa shape index (κ3) is 6.06. The molecule has 4 rings (SSSR count). The molecule has 3 fully saturated rings. The molecule has 4 nitrogen and oxygen atoms in total. The highest BCUT2D eigenvalue weighted by Crippen LogP contribution is 2.67. The van der Waals surface area contributed by atoms with Gasteiger partial charge >= 0.3 is 5.97 Å². The number of ether oxygens (including phenoxy) is 2. The quantitative estimate of drug-likeness (QED) is 0.211. The highest BCUT2D eigenvalue weighted by Gasteiger charge is 2.58. The first-order valence-corrected chi connectivity index (χ1v) is 15.0. The summed E-state index contributed by atoms with van der Waals surface area (Å²) in [5.74, 6) is 3.16. The first-order chi connectivity index (χ1) is 16.7. The lowest BCUT2D eigenvalue weighted by Gasteiger charge is -2.58. The Balaban J connectivity index is 1.36. The number of aliphatic hydroxyl groups is 1. The monoisotopic (exact) mass is 502 g/mol. The van der Waals surface area contributed by atoms with Crippen LogP contribution in [0.5, 0.6) is 0 Å². The van der Waals surface area contributed by atoms with Crippen molar-refractivity contribution in [3.05, 3.63) is 11.6 Å². The van der Waals surface area contributed by atoms with Crippen LogP contribution in [0.3, 0.4) is 0 Å². The first-order valence-electron chi connectivity index (χ1n) is 15.0. The smallest absolute Gasteiger partial charge is 0.332 e. The molecule has 0 bridgehead atoms. The fraction of sp³-hybridized carbons (Fsp3) is 0.906. The van der Waals surface area contributed by atoms with Crippen molar-refractivity contribution < 1.29 is 19.4 Å². The number of hydrogen-bond acceptors (Lipinski definition) is 4. The Hall–Kier alpha value is -0.870. The largest absolute Gasteiger partial charge is 0.458 e. The van der Waals surface area contributed by atoms with Gasteiger partial charge in [0.15, 0.2) is 0 Å². The van der Waals surface area contributed by atoms with Crippen LogP contribution in [0.15, 0.2) is 11.6 Å². The van der Waals surface area contributed by atoms with E-state index in [1.807, 2.05) is 34.6 Å². The Kier molecular flexibility index (Phi) is 8.10. The number of carbonyl (C=O) groups excluding carboxylic acids is 1. The molecule has 206 valence electrons. The molecule has 0 saturated heterocycles. The van der Waals surface area contributed by atoms with Crippen LogP contribution in [0.25, 0.3) is 0 Å². The van der Waals surface area contributed by atoms with Crippen molar-refractivity contribution in [2.24, 2.45) is 34.5 Å². The minimum atomic E-state index is -0.525. The van der Waals surface area contributed by atoms with E-state index in [0.717, 1.165) is 42.9 Å². The molecule has 4 aliphatic rings. The van der Waals surface area contributed by atoms with Crippen LogP contribution in [-0.2, 0) is 14.3 Å². The van der Waals surface area contributed by atoms with Gasteiger partial charge in [-0.15, -0.1) is 0 Å². The highest BCUT2D eigenvalue weighted by atomic mass is 16.6. The van der Waals surface area contributed by atoms with Gasteiger partial charge in [-0.1, -0.05) is 38.3 Å². The van der Waals surface area contributed by atoms with E-state index in [1.165, 1.54) is 57.8 Å². The molecule has 0 aromatic rings. The van der Waals surface area contributed by atoms with Crippen molar-refractivity contribution in [3.8, 4) is 0 Å². The van der Waals surface area contributed by atoms with Crippen molar-refractivity contribution >= 4 is 5.97 Å². The Bertz CT molecular complexity index is 817. The lowest BCUT2D eigenvalue weighted by Crippen LogP contribution is -2.50. The summed E-state index contributed by atoms with van der Waals surface area (Å²) in [6.07, 6.45) is 17.4. The van der Waals surface area contributed by atoms with Crippen molar-refractivity contribution in [2.75, 3.05) is 6.61 Å². The Morgan fingerprint density at radius 1 is 1.00 bits per heavy atom. The first kappa shape index (κ1) is 28.1. The van der Waals surface area contributed by atoms with Gasteiger partial charge in [0.25, 0.3) is 0 Å². The molecule has 0 heterocycles. The summed E-state index contributed by atoms with van der Waals surface area (Å²) in [4.78, 5) is 12.1. The molecule has 36 heavy (non-hydrogen) atoms. The maximum absolute atomic E-state index is 12.1. The fourth-order valence-corrected chi connectivity index (χ4v) is 8.91. The molecule has 0 aliphatic heterocycles. The zero-order valence-electron chi connectivity index (χ0n) is 24.3. The Labute approximate surface area is 221 Å². The third-order valence-electron chi connectivity index (χ3n) is 10.7. The van der Waals surface area contributed by atoms with E-state index in [4.69, 9.17) is 9.47 Å². The second-order valence-electron chi connectivity index (χ2n) is 14.9. The molecule has 0 spiro atoms. The zero-order valence-corrected chi connectivity index (χ0v) is 24.3. The molecule has 4 heteroatoms. The normalized spacial score (nSPS) is 38.6. The van der Waals surface area contributed by atoms with E-state index in [9.17, 15) is 9.90 Å². The van der Waals surface area contributed by atoms with Crippen LogP contribution >= 0.6 is 0 Å². The molecular formula is C32H54O4. The average Bonchev–Trinajstić information content (AvgIpc) is 3.09. The standard InChI is InChI=1S/C32H54O4/c1-29(2,3)36-28(33)21-35-24-15-18-32(7)23(20-24)11-13-25-26-14-12-22(10-8-9-17-30(4,5)34)31(26,6)19-16-27(25)32/h20,22,24-27,34H,8-19,21H2,1-7H3/t22?,24-,25?,26?,27?,31?,32?/m0/s1. The van der Waals surface area contributed by atoms with Crippen LogP contribution < -0.4 is 0 Å². The van der Waals surface area contributed by atoms with Crippen LogP contribution in [0.1, 0.15) is 126 Å². The highest BCUT2D eigenvalue weighted by molar-refractivity contribution is 5.71. The number of unbranched alkanes of at least 4 members (excludes halogenated alkanes) is 1.